The zero-order valence-electron chi connectivity index (χ0n) is 14.1. The first-order valence-electron chi connectivity index (χ1n) is 7.91. The van der Waals surface area contributed by atoms with E-state index in [0.29, 0.717) is 12.1 Å². The lowest BCUT2D eigenvalue weighted by Crippen LogP contribution is -2.30. The summed E-state index contributed by atoms with van der Waals surface area (Å²) in [5.41, 5.74) is 1.46. The van der Waals surface area contributed by atoms with Crippen molar-refractivity contribution >= 4 is 5.91 Å². The van der Waals surface area contributed by atoms with E-state index in [9.17, 15) is 14.0 Å². The predicted octanol–water partition coefficient (Wildman–Crippen LogP) is 2.57. The summed E-state index contributed by atoms with van der Waals surface area (Å²) >= 11 is 0. The van der Waals surface area contributed by atoms with Crippen molar-refractivity contribution in [2.24, 2.45) is 0 Å². The number of amides is 1. The number of nitrogens with one attached hydrogen (secondary N) is 1. The number of benzene rings is 2. The summed E-state index contributed by atoms with van der Waals surface area (Å²) in [6, 6.07) is 12.8. The molecule has 0 atom stereocenters. The number of hydrogen-bond acceptors (Lipinski definition) is 4. The van der Waals surface area contributed by atoms with Crippen LogP contribution in [0.2, 0.25) is 0 Å². The van der Waals surface area contributed by atoms with Crippen molar-refractivity contribution in [3.8, 4) is 17.1 Å². The summed E-state index contributed by atoms with van der Waals surface area (Å²) in [4.78, 5) is 24.0. The molecule has 1 aromatic heterocycles. The molecule has 0 aliphatic carbocycles. The molecule has 3 aromatic rings. The fourth-order valence-corrected chi connectivity index (χ4v) is 2.39. The van der Waals surface area contributed by atoms with Crippen molar-refractivity contribution in [3.05, 3.63) is 76.7 Å². The Hall–Kier alpha value is -3.35. The average molecular weight is 356 g/mol. The molecular weight excluding hydrogens is 339 g/mol. The first-order valence-corrected chi connectivity index (χ1v) is 7.91. The minimum atomic E-state index is -0.649. The van der Waals surface area contributed by atoms with Gasteiger partial charge in [-0.15, -0.1) is 0 Å². The normalized spacial score (nSPS) is 10.5. The van der Waals surface area contributed by atoms with Crippen molar-refractivity contribution in [1.29, 1.82) is 0 Å². The van der Waals surface area contributed by atoms with E-state index in [1.807, 2.05) is 12.1 Å². The molecule has 26 heavy (non-hydrogen) atoms. The van der Waals surface area contributed by atoms with Crippen LogP contribution in [0.1, 0.15) is 5.56 Å². The highest BCUT2D eigenvalue weighted by atomic mass is 19.1. The number of carbonyl (C=O) groups is 1. The van der Waals surface area contributed by atoms with Crippen LogP contribution in [0.15, 0.2) is 63.9 Å². The van der Waals surface area contributed by atoms with E-state index in [1.165, 1.54) is 35.0 Å². The Labute approximate surface area is 148 Å². The van der Waals surface area contributed by atoms with Gasteiger partial charge < -0.3 is 14.5 Å². The second kappa shape index (κ2) is 7.69. The number of aromatic nitrogens is 1. The van der Waals surface area contributed by atoms with E-state index in [-0.39, 0.29) is 24.0 Å². The van der Waals surface area contributed by atoms with E-state index in [2.05, 4.69) is 5.32 Å². The molecule has 0 radical (unpaired) electrons. The Bertz CT molecular complexity index is 943. The highest BCUT2D eigenvalue weighted by Crippen LogP contribution is 2.18. The molecule has 2 aromatic carbocycles. The highest BCUT2D eigenvalue weighted by molar-refractivity contribution is 5.75. The maximum atomic E-state index is 13.0. The van der Waals surface area contributed by atoms with Gasteiger partial charge in [0.25, 0.3) is 0 Å². The fraction of sp³-hybridized carbons (Fsp3) is 0.158. The van der Waals surface area contributed by atoms with Crippen molar-refractivity contribution in [3.63, 3.8) is 0 Å². The minimum Gasteiger partial charge on any atom is -0.497 e. The van der Waals surface area contributed by atoms with Crippen LogP contribution in [-0.2, 0) is 17.9 Å². The van der Waals surface area contributed by atoms with Gasteiger partial charge in [-0.2, -0.15) is 0 Å². The number of ether oxygens (including phenoxy) is 1. The molecule has 6 nitrogen and oxygen atoms in total. The molecule has 1 heterocycles. The van der Waals surface area contributed by atoms with Crippen LogP contribution in [0.25, 0.3) is 11.3 Å². The van der Waals surface area contributed by atoms with Gasteiger partial charge in [-0.05, 0) is 42.0 Å². The number of methoxy groups -OCH3 is 1. The van der Waals surface area contributed by atoms with Gasteiger partial charge in [0.2, 0.25) is 5.91 Å². The largest absolute Gasteiger partial charge is 0.497 e. The smallest absolute Gasteiger partial charge is 0.419 e. The Morgan fingerprint density at radius 2 is 1.85 bits per heavy atom. The van der Waals surface area contributed by atoms with E-state index < -0.39 is 5.76 Å². The first kappa shape index (κ1) is 17.5. The number of hydrogen-bond donors (Lipinski definition) is 1. The maximum absolute atomic E-state index is 13.0. The van der Waals surface area contributed by atoms with Crippen LogP contribution in [-0.4, -0.2) is 17.6 Å². The number of rotatable bonds is 6. The molecule has 1 amide bonds. The molecule has 0 saturated heterocycles. The molecule has 134 valence electrons. The van der Waals surface area contributed by atoms with E-state index >= 15 is 0 Å². The molecule has 0 unspecified atom stereocenters. The summed E-state index contributed by atoms with van der Waals surface area (Å²) in [5.74, 6) is -0.344. The van der Waals surface area contributed by atoms with Crippen LogP contribution >= 0.6 is 0 Å². The lowest BCUT2D eigenvalue weighted by atomic mass is 10.2. The van der Waals surface area contributed by atoms with Crippen LogP contribution in [0, 0.1) is 5.82 Å². The molecule has 0 saturated carbocycles. The summed E-state index contributed by atoms with van der Waals surface area (Å²) in [6.45, 7) is 0.167. The van der Waals surface area contributed by atoms with Crippen molar-refractivity contribution in [2.45, 2.75) is 13.1 Å². The van der Waals surface area contributed by atoms with Crippen LogP contribution in [0.5, 0.6) is 5.75 Å². The molecule has 3 rings (SSSR count). The van der Waals surface area contributed by atoms with Crippen molar-refractivity contribution in [2.75, 3.05) is 7.11 Å². The molecule has 0 bridgehead atoms. The fourth-order valence-electron chi connectivity index (χ4n) is 2.39. The number of carbonyl (C=O) groups excluding carboxylic acids is 1. The summed E-state index contributed by atoms with van der Waals surface area (Å²) < 4.78 is 24.3. The van der Waals surface area contributed by atoms with E-state index in [4.69, 9.17) is 9.15 Å². The zero-order chi connectivity index (χ0) is 18.5. The maximum Gasteiger partial charge on any atom is 0.419 e. The van der Waals surface area contributed by atoms with Crippen LogP contribution in [0.3, 0.4) is 0 Å². The quantitative estimate of drug-likeness (QED) is 0.737. The summed E-state index contributed by atoms with van der Waals surface area (Å²) in [5, 5.41) is 2.74. The third kappa shape index (κ3) is 4.18. The van der Waals surface area contributed by atoms with Gasteiger partial charge in [-0.3, -0.25) is 9.36 Å². The van der Waals surface area contributed by atoms with E-state index in [0.717, 1.165) is 11.3 Å². The Kier molecular flexibility index (Phi) is 5.17. The lowest BCUT2D eigenvalue weighted by molar-refractivity contribution is -0.121. The van der Waals surface area contributed by atoms with Gasteiger partial charge in [-0.1, -0.05) is 12.1 Å². The molecule has 0 fully saturated rings. The Morgan fingerprint density at radius 1 is 1.15 bits per heavy atom. The Morgan fingerprint density at radius 3 is 2.50 bits per heavy atom. The SMILES string of the molecule is COc1ccc(CNC(=O)Cn2cc(-c3ccc(F)cc3)oc2=O)cc1. The van der Waals surface area contributed by atoms with Gasteiger partial charge in [0.1, 0.15) is 18.1 Å². The zero-order valence-corrected chi connectivity index (χ0v) is 14.1. The monoisotopic (exact) mass is 356 g/mol. The van der Waals surface area contributed by atoms with Gasteiger partial charge >= 0.3 is 5.76 Å². The van der Waals surface area contributed by atoms with Gasteiger partial charge in [0, 0.05) is 12.1 Å². The topological polar surface area (TPSA) is 73.5 Å². The third-order valence-corrected chi connectivity index (χ3v) is 3.80. The van der Waals surface area contributed by atoms with Crippen LogP contribution in [0.4, 0.5) is 4.39 Å². The lowest BCUT2D eigenvalue weighted by Gasteiger charge is -2.06. The van der Waals surface area contributed by atoms with E-state index in [1.54, 1.807) is 19.2 Å². The average Bonchev–Trinajstić information content (AvgIpc) is 3.01. The third-order valence-electron chi connectivity index (χ3n) is 3.80. The molecule has 0 aliphatic heterocycles. The summed E-state index contributed by atoms with van der Waals surface area (Å²) in [6.07, 6.45) is 1.43. The molecule has 0 spiro atoms. The molecule has 1 N–H and O–H groups in total. The molecule has 0 aliphatic rings. The van der Waals surface area contributed by atoms with Crippen LogP contribution < -0.4 is 15.8 Å². The van der Waals surface area contributed by atoms with Gasteiger partial charge in [0.15, 0.2) is 5.76 Å². The second-order valence-electron chi connectivity index (χ2n) is 5.62. The number of halogens is 1. The van der Waals surface area contributed by atoms with Gasteiger partial charge in [0.05, 0.1) is 13.3 Å². The predicted molar refractivity (Wildman–Crippen MR) is 93.2 cm³/mol. The van der Waals surface area contributed by atoms with Crippen molar-refractivity contribution in [1.82, 2.24) is 9.88 Å². The van der Waals surface area contributed by atoms with Crippen molar-refractivity contribution < 1.29 is 18.3 Å². The minimum absolute atomic E-state index is 0.167. The Balaban J connectivity index is 1.62. The number of oxazole rings is 1. The highest BCUT2D eigenvalue weighted by Gasteiger charge is 2.11. The number of nitrogens with zero attached hydrogens (tertiary/aromatic N) is 1. The first-order chi connectivity index (χ1) is 12.5. The summed E-state index contributed by atoms with van der Waals surface area (Å²) in [7, 11) is 1.58. The standard InChI is InChI=1S/C19H17FN2O4/c1-25-16-8-2-13(3-9-16)10-21-18(23)12-22-11-17(26-19(22)24)14-4-6-15(20)7-5-14/h2-9,11H,10,12H2,1H3,(H,21,23). The van der Waals surface area contributed by atoms with Gasteiger partial charge in [-0.25, -0.2) is 9.18 Å². The molecule has 7 heteroatoms. The second-order valence-corrected chi connectivity index (χ2v) is 5.62. The molecular formula is C19H17FN2O4.